The summed E-state index contributed by atoms with van der Waals surface area (Å²) in [4.78, 5) is 0.0907. The summed E-state index contributed by atoms with van der Waals surface area (Å²) in [5.41, 5.74) is 3.60. The summed E-state index contributed by atoms with van der Waals surface area (Å²) < 4.78 is 0. The Labute approximate surface area is 132 Å². The van der Waals surface area contributed by atoms with Gasteiger partial charge in [0.15, 0.2) is 0 Å². The van der Waals surface area contributed by atoms with Gasteiger partial charge in [0.2, 0.25) is 0 Å². The fourth-order valence-electron chi connectivity index (χ4n) is 2.03. The van der Waals surface area contributed by atoms with Gasteiger partial charge in [0.25, 0.3) is 0 Å². The van der Waals surface area contributed by atoms with Gasteiger partial charge in [0.05, 0.1) is 4.83 Å². The summed E-state index contributed by atoms with van der Waals surface area (Å²) in [5.74, 6) is 0. The molecule has 19 heavy (non-hydrogen) atoms. The molecule has 0 saturated carbocycles. The average Bonchev–Trinajstić information content (AvgIpc) is 2.39. The highest BCUT2D eigenvalue weighted by atomic mass is 79.9. The molecule has 0 N–H and O–H groups in total. The van der Waals surface area contributed by atoms with Crippen LogP contribution < -0.4 is 0 Å². The van der Waals surface area contributed by atoms with Crippen LogP contribution in [-0.2, 0) is 6.42 Å². The Kier molecular flexibility index (Phi) is 5.32. The number of alkyl halides is 1. The maximum Gasteiger partial charge on any atom is 0.0659 e. The minimum atomic E-state index is 0.0907. The molecule has 3 heteroatoms. The van der Waals surface area contributed by atoms with Gasteiger partial charge in [0.1, 0.15) is 0 Å². The molecule has 0 fully saturated rings. The van der Waals surface area contributed by atoms with Gasteiger partial charge >= 0.3 is 0 Å². The zero-order valence-electron chi connectivity index (χ0n) is 10.7. The number of aryl methyl sites for hydroxylation is 1. The first kappa shape index (κ1) is 14.9. The Balaban J connectivity index is 2.25. The zero-order valence-corrected chi connectivity index (χ0v) is 13.8. The van der Waals surface area contributed by atoms with E-state index in [4.69, 9.17) is 23.2 Å². The SMILES string of the molecule is CCCc1ccc(C(Br)c2ccc(Cl)cc2Cl)cc1. The summed E-state index contributed by atoms with van der Waals surface area (Å²) in [7, 11) is 0. The highest BCUT2D eigenvalue weighted by molar-refractivity contribution is 9.09. The van der Waals surface area contributed by atoms with Crippen LogP contribution >= 0.6 is 39.1 Å². The number of hydrogen-bond acceptors (Lipinski definition) is 0. The van der Waals surface area contributed by atoms with Crippen molar-refractivity contribution in [3.05, 3.63) is 69.2 Å². The van der Waals surface area contributed by atoms with Crippen molar-refractivity contribution in [3.8, 4) is 0 Å². The molecule has 0 saturated heterocycles. The lowest BCUT2D eigenvalue weighted by Gasteiger charge is -2.13. The number of hydrogen-bond donors (Lipinski definition) is 0. The molecule has 1 atom stereocenters. The van der Waals surface area contributed by atoms with Gasteiger partial charge in [-0.1, -0.05) is 82.8 Å². The number of rotatable bonds is 4. The minimum absolute atomic E-state index is 0.0907. The van der Waals surface area contributed by atoms with Crippen molar-refractivity contribution in [1.29, 1.82) is 0 Å². The smallest absolute Gasteiger partial charge is 0.0659 e. The van der Waals surface area contributed by atoms with Crippen molar-refractivity contribution in [2.75, 3.05) is 0 Å². The standard InChI is InChI=1S/C16H15BrCl2/c1-2-3-11-4-6-12(7-5-11)16(17)14-9-8-13(18)10-15(14)19/h4-10,16H,2-3H2,1H3. The van der Waals surface area contributed by atoms with E-state index in [1.807, 2.05) is 12.1 Å². The molecule has 0 heterocycles. The van der Waals surface area contributed by atoms with Crippen LogP contribution in [0.25, 0.3) is 0 Å². The maximum atomic E-state index is 6.24. The summed E-state index contributed by atoms with van der Waals surface area (Å²) in [6.45, 7) is 2.19. The van der Waals surface area contributed by atoms with Crippen molar-refractivity contribution in [2.24, 2.45) is 0 Å². The summed E-state index contributed by atoms with van der Waals surface area (Å²) in [6.07, 6.45) is 2.29. The first-order chi connectivity index (χ1) is 9.11. The van der Waals surface area contributed by atoms with Gasteiger partial charge in [-0.3, -0.25) is 0 Å². The van der Waals surface area contributed by atoms with Crippen molar-refractivity contribution in [1.82, 2.24) is 0 Å². The van der Waals surface area contributed by atoms with E-state index in [9.17, 15) is 0 Å². The molecule has 0 aliphatic carbocycles. The second-order valence-electron chi connectivity index (χ2n) is 4.52. The molecule has 0 aliphatic rings. The summed E-state index contributed by atoms with van der Waals surface area (Å²) >= 11 is 15.9. The van der Waals surface area contributed by atoms with Gasteiger partial charge < -0.3 is 0 Å². The summed E-state index contributed by atoms with van der Waals surface area (Å²) in [5, 5.41) is 1.35. The number of benzene rings is 2. The first-order valence-corrected chi connectivity index (χ1v) is 7.97. The lowest BCUT2D eigenvalue weighted by atomic mass is 10.0. The normalized spacial score (nSPS) is 12.4. The van der Waals surface area contributed by atoms with Crippen molar-refractivity contribution in [3.63, 3.8) is 0 Å². The summed E-state index contributed by atoms with van der Waals surface area (Å²) in [6, 6.07) is 14.3. The minimum Gasteiger partial charge on any atom is -0.0843 e. The molecule has 0 aliphatic heterocycles. The van der Waals surface area contributed by atoms with E-state index in [0.29, 0.717) is 10.0 Å². The lowest BCUT2D eigenvalue weighted by molar-refractivity contribution is 0.920. The van der Waals surface area contributed by atoms with Crippen molar-refractivity contribution >= 4 is 39.1 Å². The first-order valence-electron chi connectivity index (χ1n) is 6.29. The van der Waals surface area contributed by atoms with Crippen molar-refractivity contribution < 1.29 is 0 Å². The Bertz CT molecular complexity index is 549. The Morgan fingerprint density at radius 1 is 1.05 bits per heavy atom. The van der Waals surface area contributed by atoms with E-state index in [0.717, 1.165) is 12.0 Å². The predicted octanol–water partition coefficient (Wildman–Crippen LogP) is 6.43. The van der Waals surface area contributed by atoms with Crippen molar-refractivity contribution in [2.45, 2.75) is 24.6 Å². The van der Waals surface area contributed by atoms with Gasteiger partial charge in [0, 0.05) is 10.0 Å². The molecule has 2 aromatic carbocycles. The monoisotopic (exact) mass is 356 g/mol. The predicted molar refractivity (Wildman–Crippen MR) is 87.7 cm³/mol. The molecule has 0 aromatic heterocycles. The molecule has 0 bridgehead atoms. The third-order valence-electron chi connectivity index (χ3n) is 3.05. The molecular formula is C16H15BrCl2. The topological polar surface area (TPSA) is 0 Å². The molecule has 0 nitrogen and oxygen atoms in total. The van der Waals surface area contributed by atoms with Gasteiger partial charge in [-0.15, -0.1) is 0 Å². The molecular weight excluding hydrogens is 343 g/mol. The number of halogens is 3. The molecule has 2 rings (SSSR count). The fraction of sp³-hybridized carbons (Fsp3) is 0.250. The van der Waals surface area contributed by atoms with Crippen LogP contribution in [0.2, 0.25) is 10.0 Å². The van der Waals surface area contributed by atoms with E-state index in [-0.39, 0.29) is 4.83 Å². The molecule has 0 amide bonds. The third kappa shape index (κ3) is 3.75. The van der Waals surface area contributed by atoms with E-state index >= 15 is 0 Å². The van der Waals surface area contributed by atoms with Crippen LogP contribution in [0.5, 0.6) is 0 Å². The van der Waals surface area contributed by atoms with Crippen LogP contribution in [0, 0.1) is 0 Å². The quantitative estimate of drug-likeness (QED) is 0.553. The van der Waals surface area contributed by atoms with E-state index in [2.05, 4.69) is 47.1 Å². The highest BCUT2D eigenvalue weighted by Crippen LogP contribution is 2.36. The average molecular weight is 358 g/mol. The Morgan fingerprint density at radius 2 is 1.74 bits per heavy atom. The second-order valence-corrected chi connectivity index (χ2v) is 6.28. The van der Waals surface area contributed by atoms with E-state index < -0.39 is 0 Å². The molecule has 0 spiro atoms. The fourth-order valence-corrected chi connectivity index (χ4v) is 3.38. The van der Waals surface area contributed by atoms with Crippen LogP contribution in [-0.4, -0.2) is 0 Å². The van der Waals surface area contributed by atoms with Gasteiger partial charge in [-0.25, -0.2) is 0 Å². The van der Waals surface area contributed by atoms with Crippen LogP contribution in [0.15, 0.2) is 42.5 Å². The highest BCUT2D eigenvalue weighted by Gasteiger charge is 2.13. The second kappa shape index (κ2) is 6.78. The van der Waals surface area contributed by atoms with Crippen LogP contribution in [0.4, 0.5) is 0 Å². The Morgan fingerprint density at radius 3 is 2.32 bits per heavy atom. The van der Waals surface area contributed by atoms with E-state index in [1.165, 1.54) is 17.5 Å². The zero-order chi connectivity index (χ0) is 13.8. The molecule has 1 unspecified atom stereocenters. The molecule has 0 radical (unpaired) electrons. The van der Waals surface area contributed by atoms with Gasteiger partial charge in [-0.05, 0) is 35.2 Å². The van der Waals surface area contributed by atoms with Gasteiger partial charge in [-0.2, -0.15) is 0 Å². The maximum absolute atomic E-state index is 6.24. The molecule has 2 aromatic rings. The Hall–Kier alpha value is -0.500. The van der Waals surface area contributed by atoms with Crippen LogP contribution in [0.1, 0.15) is 34.9 Å². The van der Waals surface area contributed by atoms with E-state index in [1.54, 1.807) is 6.07 Å². The largest absolute Gasteiger partial charge is 0.0843 e. The van der Waals surface area contributed by atoms with Crippen LogP contribution in [0.3, 0.4) is 0 Å². The molecule has 100 valence electrons. The third-order valence-corrected chi connectivity index (χ3v) is 4.63. The lowest BCUT2D eigenvalue weighted by Crippen LogP contribution is -1.94.